The predicted octanol–water partition coefficient (Wildman–Crippen LogP) is 2.58. The van der Waals surface area contributed by atoms with Crippen molar-refractivity contribution >= 4 is 29.1 Å². The number of likely N-dealkylation sites (tertiary alicyclic amines) is 1. The maximum absolute atomic E-state index is 13.3. The first-order chi connectivity index (χ1) is 12.0. The molecular weight excluding hydrogens is 345 g/mol. The van der Waals surface area contributed by atoms with Crippen molar-refractivity contribution in [2.24, 2.45) is 0 Å². The number of nitrogens with zero attached hydrogens (tertiary/aromatic N) is 2. The molecule has 0 aromatic heterocycles. The molecule has 1 unspecified atom stereocenters. The third-order valence-electron chi connectivity index (χ3n) is 4.83. The lowest BCUT2D eigenvalue weighted by molar-refractivity contribution is -0.135. The standard InChI is InChI=1S/C18H23ClFN3O2/c19-15-10-14(5-6-16(15)20)22-9-7-13(11-22)21-17(24)12-23-8-3-1-2-4-18(23)25/h5-6,10,13H,1-4,7-9,11-12H2,(H,21,24). The number of benzene rings is 1. The highest BCUT2D eigenvalue weighted by molar-refractivity contribution is 6.31. The fourth-order valence-corrected chi connectivity index (χ4v) is 3.62. The molecule has 1 aromatic rings. The Morgan fingerprint density at radius 2 is 2.12 bits per heavy atom. The quantitative estimate of drug-likeness (QED) is 0.889. The number of hydrogen-bond donors (Lipinski definition) is 1. The van der Waals surface area contributed by atoms with E-state index in [0.29, 0.717) is 19.5 Å². The maximum Gasteiger partial charge on any atom is 0.239 e. The van der Waals surface area contributed by atoms with Crippen LogP contribution in [-0.4, -0.2) is 48.9 Å². The third kappa shape index (κ3) is 4.63. The van der Waals surface area contributed by atoms with Gasteiger partial charge in [-0.1, -0.05) is 18.0 Å². The van der Waals surface area contributed by atoms with Gasteiger partial charge in [0, 0.05) is 37.8 Å². The zero-order valence-electron chi connectivity index (χ0n) is 14.1. The molecule has 0 bridgehead atoms. The first kappa shape index (κ1) is 18.0. The molecule has 2 aliphatic rings. The van der Waals surface area contributed by atoms with E-state index < -0.39 is 5.82 Å². The van der Waals surface area contributed by atoms with Crippen molar-refractivity contribution in [2.45, 2.75) is 38.1 Å². The Balaban J connectivity index is 1.51. The zero-order chi connectivity index (χ0) is 17.8. The number of amides is 2. The highest BCUT2D eigenvalue weighted by atomic mass is 35.5. The minimum atomic E-state index is -0.434. The van der Waals surface area contributed by atoms with Gasteiger partial charge >= 0.3 is 0 Å². The van der Waals surface area contributed by atoms with Gasteiger partial charge in [-0.05, 0) is 37.5 Å². The summed E-state index contributed by atoms with van der Waals surface area (Å²) in [5.74, 6) is -0.475. The average molecular weight is 368 g/mol. The largest absolute Gasteiger partial charge is 0.369 e. The Bertz CT molecular complexity index is 655. The summed E-state index contributed by atoms with van der Waals surface area (Å²) >= 11 is 5.84. The summed E-state index contributed by atoms with van der Waals surface area (Å²) in [4.78, 5) is 28.0. The van der Waals surface area contributed by atoms with Gasteiger partial charge in [-0.25, -0.2) is 4.39 Å². The second-order valence-corrected chi connectivity index (χ2v) is 7.13. The smallest absolute Gasteiger partial charge is 0.239 e. The van der Waals surface area contributed by atoms with Crippen molar-refractivity contribution in [1.82, 2.24) is 10.2 Å². The van der Waals surface area contributed by atoms with E-state index in [9.17, 15) is 14.0 Å². The molecule has 136 valence electrons. The van der Waals surface area contributed by atoms with Gasteiger partial charge in [-0.3, -0.25) is 9.59 Å². The van der Waals surface area contributed by atoms with Gasteiger partial charge < -0.3 is 15.1 Å². The van der Waals surface area contributed by atoms with Crippen molar-refractivity contribution in [2.75, 3.05) is 31.1 Å². The minimum absolute atomic E-state index is 0.0263. The lowest BCUT2D eigenvalue weighted by atomic mass is 10.2. The van der Waals surface area contributed by atoms with Crippen LogP contribution in [0.2, 0.25) is 5.02 Å². The van der Waals surface area contributed by atoms with Gasteiger partial charge in [0.25, 0.3) is 0 Å². The molecule has 25 heavy (non-hydrogen) atoms. The van der Waals surface area contributed by atoms with Crippen molar-refractivity contribution in [3.8, 4) is 0 Å². The highest BCUT2D eigenvalue weighted by Gasteiger charge is 2.26. The van der Waals surface area contributed by atoms with Crippen molar-refractivity contribution in [3.05, 3.63) is 29.0 Å². The number of hydrogen-bond acceptors (Lipinski definition) is 3. The molecule has 2 saturated heterocycles. The SMILES string of the molecule is O=C(CN1CCCCCC1=O)NC1CCN(c2ccc(F)c(Cl)c2)C1. The molecule has 0 spiro atoms. The van der Waals surface area contributed by atoms with Crippen LogP contribution in [0.5, 0.6) is 0 Å². The summed E-state index contributed by atoms with van der Waals surface area (Å²) in [6, 6.07) is 4.69. The molecule has 2 fully saturated rings. The maximum atomic E-state index is 13.3. The van der Waals surface area contributed by atoms with Crippen LogP contribution < -0.4 is 10.2 Å². The van der Waals surface area contributed by atoms with Gasteiger partial charge in [0.2, 0.25) is 11.8 Å². The Hall–Kier alpha value is -1.82. The van der Waals surface area contributed by atoms with E-state index in [-0.39, 0.29) is 29.4 Å². The van der Waals surface area contributed by atoms with E-state index in [1.807, 2.05) is 0 Å². The molecule has 3 rings (SSSR count). The highest BCUT2D eigenvalue weighted by Crippen LogP contribution is 2.25. The number of anilines is 1. The Labute approximate surface area is 152 Å². The zero-order valence-corrected chi connectivity index (χ0v) is 14.9. The molecule has 1 N–H and O–H groups in total. The fraction of sp³-hybridized carbons (Fsp3) is 0.556. The molecule has 2 aliphatic heterocycles. The van der Waals surface area contributed by atoms with Crippen LogP contribution in [0.4, 0.5) is 10.1 Å². The Morgan fingerprint density at radius 3 is 2.92 bits per heavy atom. The molecule has 1 aromatic carbocycles. The number of rotatable bonds is 4. The van der Waals surface area contributed by atoms with Crippen molar-refractivity contribution in [3.63, 3.8) is 0 Å². The molecule has 0 saturated carbocycles. The molecule has 2 amide bonds. The van der Waals surface area contributed by atoms with Crippen LogP contribution in [0.3, 0.4) is 0 Å². The normalized spacial score (nSPS) is 21.4. The van der Waals surface area contributed by atoms with Gasteiger partial charge in [-0.15, -0.1) is 0 Å². The lowest BCUT2D eigenvalue weighted by Gasteiger charge is -2.22. The van der Waals surface area contributed by atoms with Crippen LogP contribution in [0, 0.1) is 5.82 Å². The summed E-state index contributed by atoms with van der Waals surface area (Å²) in [6.07, 6.45) is 4.27. The van der Waals surface area contributed by atoms with Gasteiger partial charge in [0.05, 0.1) is 11.6 Å². The summed E-state index contributed by atoms with van der Waals surface area (Å²) in [6.45, 7) is 2.23. The molecule has 0 radical (unpaired) electrons. The summed E-state index contributed by atoms with van der Waals surface area (Å²) < 4.78 is 13.3. The van der Waals surface area contributed by atoms with Gasteiger partial charge in [0.15, 0.2) is 0 Å². The average Bonchev–Trinajstić information content (AvgIpc) is 2.94. The van der Waals surface area contributed by atoms with Crippen molar-refractivity contribution < 1.29 is 14.0 Å². The monoisotopic (exact) mass is 367 g/mol. The molecule has 2 heterocycles. The molecule has 0 aliphatic carbocycles. The fourth-order valence-electron chi connectivity index (χ4n) is 3.45. The van der Waals surface area contributed by atoms with E-state index in [2.05, 4.69) is 10.2 Å². The number of carbonyl (C=O) groups excluding carboxylic acids is 2. The number of nitrogens with one attached hydrogen (secondary N) is 1. The summed E-state index contributed by atoms with van der Waals surface area (Å²) in [5.41, 5.74) is 0.853. The van der Waals surface area contributed by atoms with Gasteiger partial charge in [-0.2, -0.15) is 0 Å². The van der Waals surface area contributed by atoms with E-state index in [4.69, 9.17) is 11.6 Å². The number of carbonyl (C=O) groups is 2. The van der Waals surface area contributed by atoms with E-state index in [1.54, 1.807) is 17.0 Å². The third-order valence-corrected chi connectivity index (χ3v) is 5.12. The Morgan fingerprint density at radius 1 is 1.28 bits per heavy atom. The predicted molar refractivity (Wildman–Crippen MR) is 95.2 cm³/mol. The first-order valence-corrected chi connectivity index (χ1v) is 9.18. The molecule has 7 heteroatoms. The molecule has 5 nitrogen and oxygen atoms in total. The van der Waals surface area contributed by atoms with Crippen molar-refractivity contribution in [1.29, 1.82) is 0 Å². The second-order valence-electron chi connectivity index (χ2n) is 6.72. The van der Waals surface area contributed by atoms with E-state index in [1.165, 1.54) is 6.07 Å². The van der Waals surface area contributed by atoms with Gasteiger partial charge in [0.1, 0.15) is 5.82 Å². The summed E-state index contributed by atoms with van der Waals surface area (Å²) in [7, 11) is 0. The Kier molecular flexibility index (Phi) is 5.78. The lowest BCUT2D eigenvalue weighted by Crippen LogP contribution is -2.45. The molecule has 1 atom stereocenters. The van der Waals surface area contributed by atoms with Crippen LogP contribution in [0.1, 0.15) is 32.1 Å². The number of halogens is 2. The minimum Gasteiger partial charge on any atom is -0.369 e. The van der Waals surface area contributed by atoms with Crippen LogP contribution in [0.15, 0.2) is 18.2 Å². The van der Waals surface area contributed by atoms with Crippen LogP contribution in [-0.2, 0) is 9.59 Å². The topological polar surface area (TPSA) is 52.7 Å². The van der Waals surface area contributed by atoms with E-state index >= 15 is 0 Å². The first-order valence-electron chi connectivity index (χ1n) is 8.80. The van der Waals surface area contributed by atoms with E-state index in [0.717, 1.165) is 37.9 Å². The van der Waals surface area contributed by atoms with Crippen LogP contribution in [0.25, 0.3) is 0 Å². The van der Waals surface area contributed by atoms with Crippen LogP contribution >= 0.6 is 11.6 Å². The molecular formula is C18H23ClFN3O2. The second kappa shape index (κ2) is 8.04. The summed E-state index contributed by atoms with van der Waals surface area (Å²) in [5, 5.41) is 3.11.